The van der Waals surface area contributed by atoms with Gasteiger partial charge in [-0.1, -0.05) is 0 Å². The summed E-state index contributed by atoms with van der Waals surface area (Å²) in [6, 6.07) is 8.31. The summed E-state index contributed by atoms with van der Waals surface area (Å²) in [5, 5.41) is 10.8. The van der Waals surface area contributed by atoms with E-state index in [1.165, 1.54) is 35.2 Å². The Hall–Kier alpha value is -3.07. The second-order valence-electron chi connectivity index (χ2n) is 5.94. The molecule has 3 heterocycles. The molecule has 0 saturated heterocycles. The molecule has 9 heteroatoms. The Bertz CT molecular complexity index is 1060. The molecule has 2 aromatic heterocycles. The van der Waals surface area contributed by atoms with E-state index in [9.17, 15) is 19.3 Å². The van der Waals surface area contributed by atoms with Crippen LogP contribution in [0.2, 0.25) is 0 Å². The van der Waals surface area contributed by atoms with Gasteiger partial charge in [0.1, 0.15) is 11.5 Å². The standard InChI is InChI=1S/C18H11BrFN3O4/c19-15-7-11-5-6-22(14-8-12(20)9-21-16(14)17(11)27-15)18(24)10-1-3-13(4-2-10)23(25)26/h1-4,7-9H,5-6H2. The second-order valence-corrected chi connectivity index (χ2v) is 6.72. The summed E-state index contributed by atoms with van der Waals surface area (Å²) in [6.07, 6.45) is 1.56. The molecule has 0 unspecified atom stereocenters. The van der Waals surface area contributed by atoms with Crippen LogP contribution in [0.5, 0.6) is 0 Å². The average molecular weight is 432 g/mol. The minimum atomic E-state index is -0.579. The first-order chi connectivity index (χ1) is 12.9. The number of halogens is 2. The van der Waals surface area contributed by atoms with Crippen molar-refractivity contribution in [3.8, 4) is 11.5 Å². The van der Waals surface area contributed by atoms with Crippen LogP contribution in [0.15, 0.2) is 51.7 Å². The maximum Gasteiger partial charge on any atom is 0.269 e. The van der Waals surface area contributed by atoms with E-state index < -0.39 is 16.6 Å². The average Bonchev–Trinajstić information content (AvgIpc) is 2.95. The maximum atomic E-state index is 13.9. The van der Waals surface area contributed by atoms with Gasteiger partial charge in [0.2, 0.25) is 0 Å². The molecule has 0 bridgehead atoms. The Balaban J connectivity index is 1.78. The van der Waals surface area contributed by atoms with Crippen LogP contribution in [0.4, 0.5) is 15.8 Å². The van der Waals surface area contributed by atoms with E-state index in [0.29, 0.717) is 28.2 Å². The van der Waals surface area contributed by atoms with Gasteiger partial charge in [0.15, 0.2) is 10.4 Å². The van der Waals surface area contributed by atoms with Crippen LogP contribution < -0.4 is 4.90 Å². The quantitative estimate of drug-likeness (QED) is 0.444. The van der Waals surface area contributed by atoms with Gasteiger partial charge < -0.3 is 9.32 Å². The highest BCUT2D eigenvalue weighted by Gasteiger charge is 2.29. The third kappa shape index (κ3) is 3.10. The van der Waals surface area contributed by atoms with Crippen molar-refractivity contribution in [2.45, 2.75) is 6.42 Å². The van der Waals surface area contributed by atoms with E-state index in [1.54, 1.807) is 6.07 Å². The summed E-state index contributed by atoms with van der Waals surface area (Å²) in [4.78, 5) is 28.8. The van der Waals surface area contributed by atoms with Crippen molar-refractivity contribution in [1.82, 2.24) is 4.98 Å². The lowest BCUT2D eigenvalue weighted by Gasteiger charge is -2.22. The number of carbonyl (C=O) groups is 1. The fourth-order valence-electron chi connectivity index (χ4n) is 3.04. The van der Waals surface area contributed by atoms with Gasteiger partial charge in [0.05, 0.1) is 16.8 Å². The van der Waals surface area contributed by atoms with Gasteiger partial charge in [0, 0.05) is 35.9 Å². The Morgan fingerprint density at radius 1 is 1.30 bits per heavy atom. The highest BCUT2D eigenvalue weighted by molar-refractivity contribution is 9.10. The lowest BCUT2D eigenvalue weighted by molar-refractivity contribution is -0.384. The largest absolute Gasteiger partial charge is 0.447 e. The third-order valence-corrected chi connectivity index (χ3v) is 4.68. The van der Waals surface area contributed by atoms with Gasteiger partial charge in [0.25, 0.3) is 11.6 Å². The molecule has 0 atom stereocenters. The van der Waals surface area contributed by atoms with Crippen molar-refractivity contribution < 1.29 is 18.5 Å². The summed E-state index contributed by atoms with van der Waals surface area (Å²) in [5.41, 5.74) is 1.65. The molecule has 1 aliphatic rings. The molecule has 0 radical (unpaired) electrons. The van der Waals surface area contributed by atoms with E-state index in [-0.39, 0.29) is 17.8 Å². The predicted molar refractivity (Wildman–Crippen MR) is 98.1 cm³/mol. The fraction of sp³-hybridized carbons (Fsp3) is 0.111. The summed E-state index contributed by atoms with van der Waals surface area (Å²) in [7, 11) is 0. The number of rotatable bonds is 2. The van der Waals surface area contributed by atoms with Gasteiger partial charge in [-0.05, 0) is 40.5 Å². The number of furan rings is 1. The van der Waals surface area contributed by atoms with Crippen LogP contribution in [-0.4, -0.2) is 22.4 Å². The van der Waals surface area contributed by atoms with E-state index in [0.717, 1.165) is 11.8 Å². The number of non-ortho nitro benzene ring substituents is 1. The number of fused-ring (bicyclic) bond motifs is 3. The van der Waals surface area contributed by atoms with Gasteiger partial charge in [-0.3, -0.25) is 14.9 Å². The third-order valence-electron chi connectivity index (χ3n) is 4.29. The number of nitro groups is 1. The van der Waals surface area contributed by atoms with Crippen LogP contribution >= 0.6 is 15.9 Å². The maximum absolute atomic E-state index is 13.9. The Kier molecular flexibility index (Phi) is 4.23. The first kappa shape index (κ1) is 17.3. The van der Waals surface area contributed by atoms with Crippen molar-refractivity contribution >= 4 is 33.2 Å². The van der Waals surface area contributed by atoms with Crippen LogP contribution in [0.3, 0.4) is 0 Å². The number of nitrogens with zero attached hydrogens (tertiary/aromatic N) is 3. The lowest BCUT2D eigenvalue weighted by Crippen LogP contribution is -2.32. The van der Waals surface area contributed by atoms with Gasteiger partial charge in [-0.2, -0.15) is 0 Å². The first-order valence-corrected chi connectivity index (χ1v) is 8.74. The molecule has 3 aromatic rings. The van der Waals surface area contributed by atoms with Crippen LogP contribution in [0, 0.1) is 15.9 Å². The van der Waals surface area contributed by atoms with E-state index >= 15 is 0 Å². The molecule has 0 aliphatic carbocycles. The molecule has 1 aromatic carbocycles. The van der Waals surface area contributed by atoms with E-state index in [1.807, 2.05) is 0 Å². The zero-order chi connectivity index (χ0) is 19.1. The van der Waals surface area contributed by atoms with Crippen molar-refractivity contribution in [1.29, 1.82) is 0 Å². The van der Waals surface area contributed by atoms with Crippen LogP contribution in [-0.2, 0) is 6.42 Å². The number of amides is 1. The predicted octanol–water partition coefficient (Wildman–Crippen LogP) is 4.35. The number of nitro benzene ring substituents is 1. The molecule has 4 rings (SSSR count). The van der Waals surface area contributed by atoms with E-state index in [4.69, 9.17) is 4.42 Å². The molecule has 1 aliphatic heterocycles. The van der Waals surface area contributed by atoms with Crippen molar-refractivity contribution in [3.05, 3.63) is 74.3 Å². The zero-order valence-electron chi connectivity index (χ0n) is 13.7. The van der Waals surface area contributed by atoms with Crippen LogP contribution in [0.1, 0.15) is 15.9 Å². The van der Waals surface area contributed by atoms with Crippen molar-refractivity contribution in [2.24, 2.45) is 0 Å². The molecule has 27 heavy (non-hydrogen) atoms. The minimum absolute atomic E-state index is 0.112. The molecule has 0 fully saturated rings. The number of anilines is 1. The van der Waals surface area contributed by atoms with E-state index in [2.05, 4.69) is 20.9 Å². The summed E-state index contributed by atoms with van der Waals surface area (Å²) >= 11 is 3.28. The highest BCUT2D eigenvalue weighted by atomic mass is 79.9. The number of pyridine rings is 1. The van der Waals surface area contributed by atoms with Gasteiger partial charge >= 0.3 is 0 Å². The first-order valence-electron chi connectivity index (χ1n) is 7.94. The summed E-state index contributed by atoms with van der Waals surface area (Å²) in [6.45, 7) is 0.285. The Labute approximate surface area is 160 Å². The van der Waals surface area contributed by atoms with Crippen molar-refractivity contribution in [3.63, 3.8) is 0 Å². The Morgan fingerprint density at radius 3 is 2.74 bits per heavy atom. The fourth-order valence-corrected chi connectivity index (χ4v) is 3.47. The summed E-state index contributed by atoms with van der Waals surface area (Å²) in [5.74, 6) is -0.497. The number of hydrogen-bond donors (Lipinski definition) is 0. The number of aromatic nitrogens is 1. The number of carbonyl (C=O) groups excluding carboxylic acids is 1. The SMILES string of the molecule is O=C(c1ccc([N+](=O)[O-])cc1)N1CCc2cc(Br)oc2-c2ncc(F)cc21. The normalized spacial score (nSPS) is 12.9. The number of benzene rings is 1. The molecule has 0 spiro atoms. The lowest BCUT2D eigenvalue weighted by atomic mass is 10.1. The smallest absolute Gasteiger partial charge is 0.269 e. The molecular weight excluding hydrogens is 421 g/mol. The second kappa shape index (κ2) is 6.58. The van der Waals surface area contributed by atoms with Gasteiger partial charge in [-0.25, -0.2) is 9.37 Å². The van der Waals surface area contributed by atoms with Gasteiger partial charge in [-0.15, -0.1) is 0 Å². The zero-order valence-corrected chi connectivity index (χ0v) is 15.3. The molecule has 0 saturated carbocycles. The topological polar surface area (TPSA) is 89.5 Å². The molecule has 0 N–H and O–H groups in total. The minimum Gasteiger partial charge on any atom is -0.447 e. The summed E-state index contributed by atoms with van der Waals surface area (Å²) < 4.78 is 20.0. The highest BCUT2D eigenvalue weighted by Crippen LogP contribution is 2.38. The molecule has 7 nitrogen and oxygen atoms in total. The Morgan fingerprint density at radius 2 is 2.04 bits per heavy atom. The molecule has 136 valence electrons. The number of hydrogen-bond acceptors (Lipinski definition) is 5. The molecular formula is C18H11BrFN3O4. The van der Waals surface area contributed by atoms with Crippen molar-refractivity contribution in [2.75, 3.05) is 11.4 Å². The van der Waals surface area contributed by atoms with Crippen LogP contribution in [0.25, 0.3) is 11.5 Å². The monoisotopic (exact) mass is 431 g/mol. The molecule has 1 amide bonds.